The van der Waals surface area contributed by atoms with Crippen LogP contribution in [0.15, 0.2) is 24.3 Å². The van der Waals surface area contributed by atoms with E-state index >= 15 is 0 Å². The van der Waals surface area contributed by atoms with Gasteiger partial charge in [-0.3, -0.25) is 9.48 Å². The molecule has 5 nitrogen and oxygen atoms in total. The SMILES string of the molecule is Cc1nn(C)c(C)c1CCC(=O)N1CC[C@H](C)Nc2ccccc21. The molecule has 0 unspecified atom stereocenters. The number of aryl methyl sites for hydroxylation is 2. The van der Waals surface area contributed by atoms with Crippen molar-refractivity contribution >= 4 is 17.3 Å². The molecule has 128 valence electrons. The summed E-state index contributed by atoms with van der Waals surface area (Å²) in [6.45, 7) is 6.99. The lowest BCUT2D eigenvalue weighted by atomic mass is 10.1. The summed E-state index contributed by atoms with van der Waals surface area (Å²) in [7, 11) is 1.95. The molecule has 0 bridgehead atoms. The molecule has 0 fully saturated rings. The standard InChI is InChI=1S/C19H26N4O/c1-13-11-12-23(18-8-6-5-7-17(18)20-13)19(24)10-9-16-14(2)21-22(4)15(16)3/h5-8,13,20H,9-12H2,1-4H3/t13-/m0/s1. The van der Waals surface area contributed by atoms with Gasteiger partial charge in [0.15, 0.2) is 0 Å². The van der Waals surface area contributed by atoms with Crippen LogP contribution in [0.5, 0.6) is 0 Å². The van der Waals surface area contributed by atoms with Crippen molar-refractivity contribution in [1.82, 2.24) is 9.78 Å². The first-order chi connectivity index (χ1) is 11.5. The van der Waals surface area contributed by atoms with Crippen LogP contribution in [0.1, 0.15) is 36.7 Å². The zero-order valence-electron chi connectivity index (χ0n) is 15.0. The normalized spacial score (nSPS) is 17.2. The van der Waals surface area contributed by atoms with E-state index in [4.69, 9.17) is 0 Å². The van der Waals surface area contributed by atoms with Crippen LogP contribution in [0.25, 0.3) is 0 Å². The van der Waals surface area contributed by atoms with Gasteiger partial charge in [-0.2, -0.15) is 5.10 Å². The molecule has 5 heteroatoms. The number of amides is 1. The van der Waals surface area contributed by atoms with E-state index in [9.17, 15) is 4.79 Å². The molecular formula is C19H26N4O. The summed E-state index contributed by atoms with van der Waals surface area (Å²) >= 11 is 0. The molecule has 24 heavy (non-hydrogen) atoms. The molecule has 0 saturated carbocycles. The molecule has 1 aromatic heterocycles. The van der Waals surface area contributed by atoms with Crippen molar-refractivity contribution in [2.24, 2.45) is 7.05 Å². The fourth-order valence-corrected chi connectivity index (χ4v) is 3.42. The largest absolute Gasteiger partial charge is 0.381 e. The maximum Gasteiger partial charge on any atom is 0.227 e. The number of hydrogen-bond donors (Lipinski definition) is 1. The second-order valence-electron chi connectivity index (χ2n) is 6.67. The maximum atomic E-state index is 12.9. The second kappa shape index (κ2) is 6.67. The summed E-state index contributed by atoms with van der Waals surface area (Å²) in [5.74, 6) is 0.181. The Kier molecular flexibility index (Phi) is 4.60. The Morgan fingerprint density at radius 3 is 2.79 bits per heavy atom. The summed E-state index contributed by atoms with van der Waals surface area (Å²) in [4.78, 5) is 14.8. The number of para-hydroxylation sites is 2. The minimum atomic E-state index is 0.181. The molecule has 2 aromatic rings. The number of rotatable bonds is 3. The molecule has 0 spiro atoms. The molecule has 0 radical (unpaired) electrons. The van der Waals surface area contributed by atoms with E-state index in [1.54, 1.807) is 0 Å². The van der Waals surface area contributed by atoms with Crippen molar-refractivity contribution in [3.8, 4) is 0 Å². The van der Waals surface area contributed by atoms with Gasteiger partial charge < -0.3 is 10.2 Å². The Morgan fingerprint density at radius 1 is 1.33 bits per heavy atom. The zero-order valence-corrected chi connectivity index (χ0v) is 15.0. The topological polar surface area (TPSA) is 50.2 Å². The Bertz CT molecular complexity index is 750. The Morgan fingerprint density at radius 2 is 2.08 bits per heavy atom. The van der Waals surface area contributed by atoms with Crippen LogP contribution in [0.3, 0.4) is 0 Å². The lowest BCUT2D eigenvalue weighted by molar-refractivity contribution is -0.118. The molecule has 1 atom stereocenters. The number of anilines is 2. The summed E-state index contributed by atoms with van der Waals surface area (Å²) in [5, 5.41) is 7.94. The van der Waals surface area contributed by atoms with E-state index in [0.717, 1.165) is 42.1 Å². The van der Waals surface area contributed by atoms with Gasteiger partial charge in [-0.25, -0.2) is 0 Å². The fourth-order valence-electron chi connectivity index (χ4n) is 3.42. The van der Waals surface area contributed by atoms with Crippen molar-refractivity contribution in [2.45, 2.75) is 46.1 Å². The average molecular weight is 326 g/mol. The molecule has 1 aliphatic rings. The van der Waals surface area contributed by atoms with Crippen LogP contribution < -0.4 is 10.2 Å². The minimum Gasteiger partial charge on any atom is -0.381 e. The van der Waals surface area contributed by atoms with Gasteiger partial charge in [-0.1, -0.05) is 12.1 Å². The van der Waals surface area contributed by atoms with Crippen molar-refractivity contribution in [3.63, 3.8) is 0 Å². The fraction of sp³-hybridized carbons (Fsp3) is 0.474. The van der Waals surface area contributed by atoms with Crippen LogP contribution >= 0.6 is 0 Å². The first-order valence-corrected chi connectivity index (χ1v) is 8.62. The monoisotopic (exact) mass is 326 g/mol. The summed E-state index contributed by atoms with van der Waals surface area (Å²) in [6, 6.07) is 8.44. The molecule has 1 N–H and O–H groups in total. The molecule has 1 aliphatic heterocycles. The van der Waals surface area contributed by atoms with Gasteiger partial charge in [0, 0.05) is 31.7 Å². The van der Waals surface area contributed by atoms with Crippen LogP contribution in [0, 0.1) is 13.8 Å². The van der Waals surface area contributed by atoms with Gasteiger partial charge >= 0.3 is 0 Å². The Labute approximate surface area is 143 Å². The lowest BCUT2D eigenvalue weighted by Gasteiger charge is -2.22. The lowest BCUT2D eigenvalue weighted by Crippen LogP contribution is -2.32. The summed E-state index contributed by atoms with van der Waals surface area (Å²) in [6.07, 6.45) is 2.20. The highest BCUT2D eigenvalue weighted by Gasteiger charge is 2.23. The van der Waals surface area contributed by atoms with E-state index < -0.39 is 0 Å². The minimum absolute atomic E-state index is 0.181. The van der Waals surface area contributed by atoms with Gasteiger partial charge in [0.25, 0.3) is 0 Å². The number of carbonyl (C=O) groups excluding carboxylic acids is 1. The zero-order chi connectivity index (χ0) is 17.3. The van der Waals surface area contributed by atoms with E-state index in [-0.39, 0.29) is 5.91 Å². The van der Waals surface area contributed by atoms with Gasteiger partial charge in [0.2, 0.25) is 5.91 Å². The third-order valence-corrected chi connectivity index (χ3v) is 4.93. The molecule has 0 saturated heterocycles. The third kappa shape index (κ3) is 3.16. The quantitative estimate of drug-likeness (QED) is 0.942. The highest BCUT2D eigenvalue weighted by atomic mass is 16.2. The van der Waals surface area contributed by atoms with Gasteiger partial charge in [-0.05, 0) is 51.3 Å². The number of hydrogen-bond acceptors (Lipinski definition) is 3. The molecule has 3 rings (SSSR count). The van der Waals surface area contributed by atoms with Crippen molar-refractivity contribution in [2.75, 3.05) is 16.8 Å². The molecule has 0 aliphatic carbocycles. The number of fused-ring (bicyclic) bond motifs is 1. The smallest absolute Gasteiger partial charge is 0.227 e. The number of nitrogens with one attached hydrogen (secondary N) is 1. The maximum absolute atomic E-state index is 12.9. The van der Waals surface area contributed by atoms with E-state index in [1.165, 1.54) is 5.56 Å². The van der Waals surface area contributed by atoms with Crippen molar-refractivity contribution in [1.29, 1.82) is 0 Å². The molecule has 1 aromatic carbocycles. The first-order valence-electron chi connectivity index (χ1n) is 8.62. The van der Waals surface area contributed by atoms with E-state index in [0.29, 0.717) is 12.5 Å². The number of benzene rings is 1. The second-order valence-corrected chi connectivity index (χ2v) is 6.67. The highest BCUT2D eigenvalue weighted by molar-refractivity contribution is 5.97. The Balaban J connectivity index is 1.77. The molecule has 2 heterocycles. The highest BCUT2D eigenvalue weighted by Crippen LogP contribution is 2.30. The van der Waals surface area contributed by atoms with E-state index in [2.05, 4.69) is 24.3 Å². The first kappa shape index (κ1) is 16.6. The third-order valence-electron chi connectivity index (χ3n) is 4.93. The number of aromatic nitrogens is 2. The van der Waals surface area contributed by atoms with Crippen LogP contribution in [-0.2, 0) is 18.3 Å². The van der Waals surface area contributed by atoms with Crippen LogP contribution in [0.4, 0.5) is 11.4 Å². The number of nitrogens with zero attached hydrogens (tertiary/aromatic N) is 3. The summed E-state index contributed by atoms with van der Waals surface area (Å²) < 4.78 is 1.89. The van der Waals surface area contributed by atoms with E-state index in [1.807, 2.05) is 47.8 Å². The number of carbonyl (C=O) groups is 1. The van der Waals surface area contributed by atoms with Crippen LogP contribution in [0.2, 0.25) is 0 Å². The van der Waals surface area contributed by atoms with Gasteiger partial charge in [0.05, 0.1) is 17.1 Å². The van der Waals surface area contributed by atoms with Gasteiger partial charge in [-0.15, -0.1) is 0 Å². The molecular weight excluding hydrogens is 300 g/mol. The predicted octanol–water partition coefficient (Wildman–Crippen LogP) is 3.21. The van der Waals surface area contributed by atoms with Crippen LogP contribution in [-0.4, -0.2) is 28.3 Å². The van der Waals surface area contributed by atoms with Crippen molar-refractivity contribution < 1.29 is 4.79 Å². The molecule has 1 amide bonds. The predicted molar refractivity (Wildman–Crippen MR) is 97.5 cm³/mol. The van der Waals surface area contributed by atoms with Gasteiger partial charge in [0.1, 0.15) is 0 Å². The summed E-state index contributed by atoms with van der Waals surface area (Å²) in [5.41, 5.74) is 5.40. The Hall–Kier alpha value is -2.30. The van der Waals surface area contributed by atoms with Crippen molar-refractivity contribution in [3.05, 3.63) is 41.2 Å². The average Bonchev–Trinajstić information content (AvgIpc) is 2.71.